The predicted molar refractivity (Wildman–Crippen MR) is 113 cm³/mol. The highest BCUT2D eigenvalue weighted by Crippen LogP contribution is 2.20. The van der Waals surface area contributed by atoms with Crippen LogP contribution in [0.2, 0.25) is 0 Å². The van der Waals surface area contributed by atoms with Gasteiger partial charge in [0.1, 0.15) is 35.5 Å². The Labute approximate surface area is 178 Å². The number of aromatic nitrogens is 1. The summed E-state index contributed by atoms with van der Waals surface area (Å²) in [6.07, 6.45) is 4.51. The first-order valence-corrected chi connectivity index (χ1v) is 10.9. The number of hydrogen-bond donors (Lipinski definition) is 1. The van der Waals surface area contributed by atoms with Crippen LogP contribution in [0.3, 0.4) is 0 Å². The summed E-state index contributed by atoms with van der Waals surface area (Å²) < 4.78 is 24.3. The van der Waals surface area contributed by atoms with Crippen LogP contribution < -0.4 is 14.8 Å². The number of nitrogens with zero attached hydrogens (tertiary/aromatic N) is 1. The van der Waals surface area contributed by atoms with Crippen LogP contribution in [0.4, 0.5) is 4.39 Å². The molecule has 1 aliphatic rings. The monoisotopic (exact) mass is 426 g/mol. The summed E-state index contributed by atoms with van der Waals surface area (Å²) in [7, 11) is 0. The Morgan fingerprint density at radius 3 is 2.33 bits per heavy atom. The van der Waals surface area contributed by atoms with Crippen molar-refractivity contribution in [3.63, 3.8) is 0 Å². The Balaban J connectivity index is 1.24. The molecule has 156 valence electrons. The van der Waals surface area contributed by atoms with E-state index < -0.39 is 0 Å². The molecule has 0 atom stereocenters. The molecule has 1 fully saturated rings. The van der Waals surface area contributed by atoms with Crippen LogP contribution in [0.5, 0.6) is 11.5 Å². The molecule has 0 unspecified atom stereocenters. The van der Waals surface area contributed by atoms with Crippen LogP contribution in [0.1, 0.15) is 46.7 Å². The summed E-state index contributed by atoms with van der Waals surface area (Å²) in [5.41, 5.74) is 1.45. The normalized spacial score (nSPS) is 13.9. The van der Waals surface area contributed by atoms with Crippen molar-refractivity contribution < 1.29 is 18.7 Å². The Kier molecular flexibility index (Phi) is 6.59. The van der Waals surface area contributed by atoms with Gasteiger partial charge in [0.05, 0.1) is 5.69 Å². The molecule has 5 nitrogen and oxygen atoms in total. The van der Waals surface area contributed by atoms with E-state index in [2.05, 4.69) is 10.3 Å². The number of ether oxygens (including phenoxy) is 2. The third-order valence-corrected chi connectivity index (χ3v) is 5.84. The Morgan fingerprint density at radius 2 is 1.63 bits per heavy atom. The smallest absolute Gasteiger partial charge is 0.251 e. The molecule has 1 aliphatic carbocycles. The first-order chi connectivity index (χ1) is 14.7. The van der Waals surface area contributed by atoms with Crippen molar-refractivity contribution >= 4 is 17.2 Å². The van der Waals surface area contributed by atoms with E-state index in [9.17, 15) is 9.18 Å². The summed E-state index contributed by atoms with van der Waals surface area (Å²) in [6, 6.07) is 13.4. The summed E-state index contributed by atoms with van der Waals surface area (Å²) in [5, 5.41) is 5.82. The highest BCUT2D eigenvalue weighted by Gasteiger charge is 2.17. The molecule has 2 aromatic carbocycles. The highest BCUT2D eigenvalue weighted by atomic mass is 32.1. The molecule has 0 bridgehead atoms. The van der Waals surface area contributed by atoms with Crippen molar-refractivity contribution in [1.29, 1.82) is 0 Å². The fourth-order valence-corrected chi connectivity index (χ4v) is 4.05. The molecule has 0 aliphatic heterocycles. The lowest BCUT2D eigenvalue weighted by Crippen LogP contribution is -2.32. The van der Waals surface area contributed by atoms with Crippen molar-refractivity contribution in [2.75, 3.05) is 0 Å². The maximum atomic E-state index is 12.9. The second-order valence-electron chi connectivity index (χ2n) is 7.24. The van der Waals surface area contributed by atoms with Gasteiger partial charge in [-0.25, -0.2) is 9.37 Å². The zero-order valence-electron chi connectivity index (χ0n) is 16.5. The van der Waals surface area contributed by atoms with Gasteiger partial charge in [-0.15, -0.1) is 11.3 Å². The van der Waals surface area contributed by atoms with Crippen molar-refractivity contribution in [3.05, 3.63) is 76.0 Å². The van der Waals surface area contributed by atoms with Gasteiger partial charge in [-0.05, 0) is 61.4 Å². The average Bonchev–Trinajstić information content (AvgIpc) is 3.44. The van der Waals surface area contributed by atoms with Gasteiger partial charge in [-0.2, -0.15) is 0 Å². The Morgan fingerprint density at radius 1 is 1.00 bits per heavy atom. The van der Waals surface area contributed by atoms with Crippen molar-refractivity contribution in [2.45, 2.75) is 44.9 Å². The van der Waals surface area contributed by atoms with Crippen LogP contribution in [0.25, 0.3) is 0 Å². The number of thiazole rings is 1. The average molecular weight is 427 g/mol. The fraction of sp³-hybridized carbons (Fsp3) is 0.304. The van der Waals surface area contributed by atoms with Crippen molar-refractivity contribution in [1.82, 2.24) is 10.3 Å². The number of nitrogens with one attached hydrogen (secondary N) is 1. The van der Waals surface area contributed by atoms with Crippen LogP contribution in [-0.2, 0) is 13.2 Å². The molecular formula is C23H23FN2O3S. The number of hydrogen-bond acceptors (Lipinski definition) is 5. The third-order valence-electron chi connectivity index (χ3n) is 4.97. The number of rotatable bonds is 8. The van der Waals surface area contributed by atoms with Crippen LogP contribution >= 0.6 is 11.3 Å². The molecule has 1 N–H and O–H groups in total. The largest absolute Gasteiger partial charge is 0.487 e. The number of halogens is 1. The van der Waals surface area contributed by atoms with Crippen molar-refractivity contribution in [3.8, 4) is 11.5 Å². The van der Waals surface area contributed by atoms with E-state index in [1.54, 1.807) is 36.4 Å². The van der Waals surface area contributed by atoms with E-state index in [0.717, 1.165) is 23.5 Å². The lowest BCUT2D eigenvalue weighted by molar-refractivity contribution is 0.0938. The van der Waals surface area contributed by atoms with Gasteiger partial charge >= 0.3 is 0 Å². The number of amides is 1. The van der Waals surface area contributed by atoms with E-state index in [-0.39, 0.29) is 11.7 Å². The molecule has 1 aromatic heterocycles. The second kappa shape index (κ2) is 9.71. The topological polar surface area (TPSA) is 60.5 Å². The summed E-state index contributed by atoms with van der Waals surface area (Å²) in [6.45, 7) is 0.655. The molecule has 30 heavy (non-hydrogen) atoms. The quantitative estimate of drug-likeness (QED) is 0.544. The lowest BCUT2D eigenvalue weighted by atomic mass is 10.1. The molecule has 1 heterocycles. The molecular weight excluding hydrogens is 403 g/mol. The molecule has 7 heteroatoms. The first-order valence-electron chi connectivity index (χ1n) is 10.0. The standard InChI is InChI=1S/C23H23FN2O3S/c24-17-7-11-21(12-8-17)29-14-22-25-19(15-30-22)13-28-20-9-5-16(6-10-20)23(27)26-18-3-1-2-4-18/h5-12,15,18H,1-4,13-14H2,(H,26,27). The fourth-order valence-electron chi connectivity index (χ4n) is 3.36. The van der Waals surface area contributed by atoms with Crippen LogP contribution in [0.15, 0.2) is 53.9 Å². The molecule has 0 saturated heterocycles. The van der Waals surface area contributed by atoms with Gasteiger partial charge in [0.2, 0.25) is 0 Å². The zero-order chi connectivity index (χ0) is 20.8. The van der Waals surface area contributed by atoms with Crippen LogP contribution in [-0.4, -0.2) is 16.9 Å². The summed E-state index contributed by atoms with van der Waals surface area (Å²) in [4.78, 5) is 16.8. The van der Waals surface area contributed by atoms with Gasteiger partial charge in [0, 0.05) is 17.0 Å². The highest BCUT2D eigenvalue weighted by molar-refractivity contribution is 7.09. The van der Waals surface area contributed by atoms with Gasteiger partial charge < -0.3 is 14.8 Å². The number of benzene rings is 2. The van der Waals surface area contributed by atoms with E-state index in [0.29, 0.717) is 36.3 Å². The SMILES string of the molecule is O=C(NC1CCCC1)c1ccc(OCc2csc(COc3ccc(F)cc3)n2)cc1. The molecule has 0 radical (unpaired) electrons. The Bertz CT molecular complexity index is 967. The minimum Gasteiger partial charge on any atom is -0.487 e. The van der Waals surface area contributed by atoms with E-state index >= 15 is 0 Å². The summed E-state index contributed by atoms with van der Waals surface area (Å²) >= 11 is 1.49. The van der Waals surface area contributed by atoms with Gasteiger partial charge in [-0.3, -0.25) is 4.79 Å². The minimum atomic E-state index is -0.293. The molecule has 3 aromatic rings. The summed E-state index contributed by atoms with van der Waals surface area (Å²) in [5.74, 6) is 0.961. The van der Waals surface area contributed by atoms with E-state index in [1.165, 1.54) is 36.3 Å². The third kappa shape index (κ3) is 5.57. The zero-order valence-corrected chi connectivity index (χ0v) is 17.3. The van der Waals surface area contributed by atoms with E-state index in [1.807, 2.05) is 5.38 Å². The van der Waals surface area contributed by atoms with E-state index in [4.69, 9.17) is 9.47 Å². The second-order valence-corrected chi connectivity index (χ2v) is 8.19. The molecule has 4 rings (SSSR count). The number of carbonyl (C=O) groups is 1. The van der Waals surface area contributed by atoms with Crippen molar-refractivity contribution in [2.24, 2.45) is 0 Å². The maximum Gasteiger partial charge on any atom is 0.251 e. The minimum absolute atomic E-state index is 0.0289. The van der Waals surface area contributed by atoms with Crippen LogP contribution in [0, 0.1) is 5.82 Å². The Hall–Kier alpha value is -2.93. The maximum absolute atomic E-state index is 12.9. The van der Waals surface area contributed by atoms with Gasteiger partial charge in [0.25, 0.3) is 5.91 Å². The number of carbonyl (C=O) groups excluding carboxylic acids is 1. The predicted octanol–water partition coefficient (Wildman–Crippen LogP) is 5.11. The van der Waals surface area contributed by atoms with Gasteiger partial charge in [-0.1, -0.05) is 12.8 Å². The lowest BCUT2D eigenvalue weighted by Gasteiger charge is -2.12. The van der Waals surface area contributed by atoms with Gasteiger partial charge in [0.15, 0.2) is 0 Å². The first kappa shape index (κ1) is 20.3. The molecule has 1 saturated carbocycles. The molecule has 1 amide bonds. The molecule has 0 spiro atoms.